The third kappa shape index (κ3) is 5.41. The van der Waals surface area contributed by atoms with Crippen molar-refractivity contribution in [2.24, 2.45) is 0 Å². The van der Waals surface area contributed by atoms with Gasteiger partial charge in [0.25, 0.3) is 5.91 Å². The molecule has 0 saturated heterocycles. The van der Waals surface area contributed by atoms with Gasteiger partial charge in [0.05, 0.1) is 16.4 Å². The van der Waals surface area contributed by atoms with Gasteiger partial charge in [0.1, 0.15) is 11.4 Å². The number of aromatic nitrogens is 2. The van der Waals surface area contributed by atoms with E-state index >= 15 is 0 Å². The van der Waals surface area contributed by atoms with E-state index in [0.29, 0.717) is 47.8 Å². The largest absolute Gasteiger partial charge is 0.322 e. The quantitative estimate of drug-likeness (QED) is 0.349. The summed E-state index contributed by atoms with van der Waals surface area (Å²) in [6.45, 7) is 9.56. The van der Waals surface area contributed by atoms with Crippen LogP contribution in [0.2, 0.25) is 0 Å². The molecule has 0 aliphatic rings. The van der Waals surface area contributed by atoms with Crippen LogP contribution in [0, 0.1) is 30.9 Å². The summed E-state index contributed by atoms with van der Waals surface area (Å²) in [6.07, 6.45) is 0. The van der Waals surface area contributed by atoms with Gasteiger partial charge in [-0.2, -0.15) is 9.40 Å². The zero-order valence-electron chi connectivity index (χ0n) is 20.4. The molecule has 0 saturated carbocycles. The van der Waals surface area contributed by atoms with Crippen molar-refractivity contribution in [3.63, 3.8) is 0 Å². The number of nitro groups is 1. The van der Waals surface area contributed by atoms with E-state index in [2.05, 4.69) is 10.4 Å². The topological polar surface area (TPSA) is 127 Å². The van der Waals surface area contributed by atoms with Gasteiger partial charge in [0, 0.05) is 24.3 Å². The Labute approximate surface area is 204 Å². The Morgan fingerprint density at radius 3 is 2.26 bits per heavy atom. The Hall–Kier alpha value is -3.57. The van der Waals surface area contributed by atoms with E-state index in [4.69, 9.17) is 0 Å². The Balaban J connectivity index is 1.77. The highest BCUT2D eigenvalue weighted by Crippen LogP contribution is 2.25. The number of rotatable bonds is 9. The first-order valence-electron chi connectivity index (χ1n) is 11.2. The van der Waals surface area contributed by atoms with Crippen LogP contribution in [0.3, 0.4) is 0 Å². The monoisotopic (exact) mass is 499 g/mol. The van der Waals surface area contributed by atoms with E-state index in [1.54, 1.807) is 75.7 Å². The highest BCUT2D eigenvalue weighted by molar-refractivity contribution is 7.89. The molecule has 0 aliphatic carbocycles. The van der Waals surface area contributed by atoms with Crippen molar-refractivity contribution in [3.8, 4) is 0 Å². The van der Waals surface area contributed by atoms with E-state index in [-0.39, 0.29) is 16.5 Å². The number of nitrogens with zero attached hydrogens (tertiary/aromatic N) is 4. The van der Waals surface area contributed by atoms with Crippen LogP contribution < -0.4 is 5.32 Å². The second kappa shape index (κ2) is 10.4. The summed E-state index contributed by atoms with van der Waals surface area (Å²) in [6, 6.07) is 11.6. The molecule has 0 bridgehead atoms. The second-order valence-electron chi connectivity index (χ2n) is 8.15. The van der Waals surface area contributed by atoms with E-state index in [9.17, 15) is 23.3 Å². The van der Waals surface area contributed by atoms with Gasteiger partial charge in [-0.25, -0.2) is 8.42 Å². The van der Waals surface area contributed by atoms with Gasteiger partial charge in [0.2, 0.25) is 10.0 Å². The molecule has 1 aromatic heterocycles. The third-order valence-electron chi connectivity index (χ3n) is 5.84. The maximum absolute atomic E-state index is 13.0. The number of benzene rings is 2. The number of carbonyl (C=O) groups excluding carboxylic acids is 1. The molecule has 1 N–H and O–H groups in total. The second-order valence-corrected chi connectivity index (χ2v) is 10.1. The van der Waals surface area contributed by atoms with Crippen LogP contribution >= 0.6 is 0 Å². The van der Waals surface area contributed by atoms with Crippen molar-refractivity contribution in [1.82, 2.24) is 14.1 Å². The summed E-state index contributed by atoms with van der Waals surface area (Å²) >= 11 is 0. The Morgan fingerprint density at radius 2 is 1.71 bits per heavy atom. The molecule has 0 spiro atoms. The number of carbonyl (C=O) groups is 1. The fourth-order valence-electron chi connectivity index (χ4n) is 3.90. The van der Waals surface area contributed by atoms with Gasteiger partial charge in [0.15, 0.2) is 0 Å². The molecule has 10 nitrogen and oxygen atoms in total. The Kier molecular flexibility index (Phi) is 7.71. The lowest BCUT2D eigenvalue weighted by molar-refractivity contribution is -0.386. The summed E-state index contributed by atoms with van der Waals surface area (Å²) in [4.78, 5) is 23.7. The molecule has 0 unspecified atom stereocenters. The van der Waals surface area contributed by atoms with Crippen molar-refractivity contribution in [1.29, 1.82) is 0 Å². The average Bonchev–Trinajstić information content (AvgIpc) is 3.08. The van der Waals surface area contributed by atoms with E-state index in [1.165, 1.54) is 10.4 Å². The minimum absolute atomic E-state index is 0.00136. The van der Waals surface area contributed by atoms with Gasteiger partial charge in [-0.1, -0.05) is 32.0 Å². The number of sulfonamides is 1. The molecular formula is C24H29N5O5S. The molecule has 3 aromatic rings. The fourth-order valence-corrected chi connectivity index (χ4v) is 5.61. The van der Waals surface area contributed by atoms with Gasteiger partial charge in [-0.15, -0.1) is 0 Å². The van der Waals surface area contributed by atoms with Crippen molar-refractivity contribution in [3.05, 3.63) is 80.7 Å². The fraction of sp³-hybridized carbons (Fsp3) is 0.333. The molecule has 1 heterocycles. The predicted molar refractivity (Wildman–Crippen MR) is 133 cm³/mol. The average molecular weight is 500 g/mol. The van der Waals surface area contributed by atoms with Crippen molar-refractivity contribution < 1.29 is 18.1 Å². The van der Waals surface area contributed by atoms with E-state index < -0.39 is 14.9 Å². The number of nitrogens with one attached hydrogen (secondary N) is 1. The summed E-state index contributed by atoms with van der Waals surface area (Å²) in [5.74, 6) is -0.381. The van der Waals surface area contributed by atoms with E-state index in [0.717, 1.165) is 5.56 Å². The number of aryl methyl sites for hydroxylation is 2. The van der Waals surface area contributed by atoms with Crippen LogP contribution in [0.15, 0.2) is 47.4 Å². The maximum atomic E-state index is 13.0. The molecule has 2 aromatic carbocycles. The minimum Gasteiger partial charge on any atom is -0.322 e. The third-order valence-corrected chi connectivity index (χ3v) is 8.04. The summed E-state index contributed by atoms with van der Waals surface area (Å²) in [5, 5.41) is 18.2. The lowest BCUT2D eigenvalue weighted by Gasteiger charge is -2.20. The number of hydrogen-bond acceptors (Lipinski definition) is 6. The van der Waals surface area contributed by atoms with Crippen LogP contribution in [0.25, 0.3) is 0 Å². The maximum Gasteiger partial charge on any atom is 0.312 e. The summed E-state index contributed by atoms with van der Waals surface area (Å²) in [7, 11) is -3.67. The Bertz CT molecular complexity index is 1360. The molecule has 1 amide bonds. The molecule has 35 heavy (non-hydrogen) atoms. The first kappa shape index (κ1) is 26.0. The molecule has 0 radical (unpaired) electrons. The molecular weight excluding hydrogens is 470 g/mol. The van der Waals surface area contributed by atoms with Crippen LogP contribution in [0.1, 0.15) is 46.7 Å². The number of amides is 1. The first-order valence-corrected chi connectivity index (χ1v) is 12.6. The standard InChI is InChI=1S/C24H29N5O5S/c1-6-27(7-2)35(33,34)22-14-21(13-8-16(22)3)25-24(30)20-11-9-19(10-12-20)15-28-18(5)23(29(31)32)17(4)26-28/h8-14H,6-7,15H2,1-5H3,(H,25,30). The summed E-state index contributed by atoms with van der Waals surface area (Å²) in [5.41, 5.74) is 3.01. The van der Waals surface area contributed by atoms with Crippen LogP contribution in [-0.2, 0) is 16.6 Å². The van der Waals surface area contributed by atoms with Gasteiger partial charge >= 0.3 is 5.69 Å². The zero-order chi connectivity index (χ0) is 25.9. The molecule has 11 heteroatoms. The number of anilines is 1. The predicted octanol–water partition coefficient (Wildman–Crippen LogP) is 4.05. The molecule has 0 fully saturated rings. The molecule has 3 rings (SSSR count). The first-order chi connectivity index (χ1) is 16.5. The lowest BCUT2D eigenvalue weighted by Crippen LogP contribution is -2.31. The zero-order valence-corrected chi connectivity index (χ0v) is 21.2. The highest BCUT2D eigenvalue weighted by Gasteiger charge is 2.24. The molecule has 186 valence electrons. The van der Waals surface area contributed by atoms with Crippen molar-refractivity contribution in [2.75, 3.05) is 18.4 Å². The van der Waals surface area contributed by atoms with Crippen LogP contribution in [0.5, 0.6) is 0 Å². The van der Waals surface area contributed by atoms with Crippen LogP contribution in [0.4, 0.5) is 11.4 Å². The SMILES string of the molecule is CCN(CC)S(=O)(=O)c1cc(NC(=O)c2ccc(Cn3nc(C)c([N+](=O)[O-])c3C)cc2)ccc1C. The van der Waals surface area contributed by atoms with Gasteiger partial charge < -0.3 is 5.32 Å². The normalized spacial score (nSPS) is 11.6. The lowest BCUT2D eigenvalue weighted by atomic mass is 10.1. The number of hydrogen-bond donors (Lipinski definition) is 1. The van der Waals surface area contributed by atoms with Crippen molar-refractivity contribution >= 4 is 27.3 Å². The summed E-state index contributed by atoms with van der Waals surface area (Å²) < 4.78 is 28.9. The Morgan fingerprint density at radius 1 is 1.09 bits per heavy atom. The highest BCUT2D eigenvalue weighted by atomic mass is 32.2. The van der Waals surface area contributed by atoms with Gasteiger partial charge in [-0.3, -0.25) is 19.6 Å². The molecule has 0 aliphatic heterocycles. The minimum atomic E-state index is -3.67. The van der Waals surface area contributed by atoms with Crippen LogP contribution in [-0.4, -0.2) is 46.4 Å². The van der Waals surface area contributed by atoms with E-state index in [1.807, 2.05) is 0 Å². The molecule has 0 atom stereocenters. The van der Waals surface area contributed by atoms with Crippen molar-refractivity contribution in [2.45, 2.75) is 46.1 Å². The van der Waals surface area contributed by atoms with Gasteiger partial charge in [-0.05, 0) is 56.2 Å². The smallest absolute Gasteiger partial charge is 0.312 e.